The summed E-state index contributed by atoms with van der Waals surface area (Å²) >= 11 is 0. The van der Waals surface area contributed by atoms with E-state index in [1.807, 2.05) is 13.8 Å². The molecule has 0 bridgehead atoms. The van der Waals surface area contributed by atoms with E-state index in [0.29, 0.717) is 0 Å². The number of carbonyl (C=O) groups excluding carboxylic acids is 1. The second kappa shape index (κ2) is 6.62. The first-order valence-electron chi connectivity index (χ1n) is 7.21. The Bertz CT molecular complexity index is 765. The summed E-state index contributed by atoms with van der Waals surface area (Å²) in [6, 6.07) is 3.34. The lowest BCUT2D eigenvalue weighted by molar-refractivity contribution is -0.0500. The molecule has 1 aromatic rings. The Morgan fingerprint density at radius 2 is 1.80 bits per heavy atom. The van der Waals surface area contributed by atoms with Crippen LogP contribution in [0.15, 0.2) is 18.2 Å². The van der Waals surface area contributed by atoms with Crippen LogP contribution in [-0.2, 0) is 19.4 Å². The second-order valence-corrected chi connectivity index (χ2v) is 7.95. The molecule has 0 radical (unpaired) electrons. The number of alkyl halides is 3. The third kappa shape index (κ3) is 4.53. The Hall–Kier alpha value is -1.59. The van der Waals surface area contributed by atoms with Crippen molar-refractivity contribution in [3.8, 4) is 5.75 Å². The van der Waals surface area contributed by atoms with Crippen LogP contribution in [0.2, 0.25) is 0 Å². The number of ketones is 1. The number of rotatable bonds is 4. The van der Waals surface area contributed by atoms with Crippen LogP contribution in [0.1, 0.15) is 31.1 Å². The summed E-state index contributed by atoms with van der Waals surface area (Å²) in [6.45, 7) is 5.44. The molecule has 0 amide bonds. The Morgan fingerprint density at radius 3 is 2.28 bits per heavy atom. The van der Waals surface area contributed by atoms with Gasteiger partial charge in [-0.3, -0.25) is 4.79 Å². The normalized spacial score (nSPS) is 18.1. The van der Waals surface area contributed by atoms with E-state index in [2.05, 4.69) is 4.18 Å². The molecule has 0 aromatic heterocycles. The van der Waals surface area contributed by atoms with Crippen LogP contribution in [0.4, 0.5) is 13.2 Å². The Morgan fingerprint density at radius 1 is 1.24 bits per heavy atom. The number of hydrogen-bond acceptors (Lipinski definition) is 6. The van der Waals surface area contributed by atoms with Gasteiger partial charge in [0.05, 0.1) is 0 Å². The molecular formula is C14H16BF3O6S. The van der Waals surface area contributed by atoms with E-state index in [1.165, 1.54) is 19.1 Å². The molecule has 11 heteroatoms. The van der Waals surface area contributed by atoms with E-state index in [1.54, 1.807) is 0 Å². The zero-order chi connectivity index (χ0) is 19.0. The highest BCUT2D eigenvalue weighted by Crippen LogP contribution is 2.28. The minimum Gasteiger partial charge on any atom is -0.407 e. The molecule has 0 saturated carbocycles. The van der Waals surface area contributed by atoms with Crippen LogP contribution >= 0.6 is 0 Å². The van der Waals surface area contributed by atoms with Gasteiger partial charge < -0.3 is 13.5 Å². The van der Waals surface area contributed by atoms with Gasteiger partial charge in [-0.2, -0.15) is 21.6 Å². The lowest BCUT2D eigenvalue weighted by atomic mass is 9.74. The molecule has 6 nitrogen and oxygen atoms in total. The van der Waals surface area contributed by atoms with Crippen LogP contribution in [-0.4, -0.2) is 40.0 Å². The van der Waals surface area contributed by atoms with Crippen molar-refractivity contribution < 1.29 is 39.9 Å². The summed E-state index contributed by atoms with van der Waals surface area (Å²) in [5.74, 6) is -0.963. The molecule has 1 saturated heterocycles. The maximum absolute atomic E-state index is 12.6. The largest absolute Gasteiger partial charge is 0.534 e. The highest BCUT2D eigenvalue weighted by atomic mass is 32.2. The van der Waals surface area contributed by atoms with Crippen molar-refractivity contribution in [1.29, 1.82) is 0 Å². The molecule has 1 aliphatic rings. The molecule has 1 aliphatic heterocycles. The molecule has 2 rings (SSSR count). The van der Waals surface area contributed by atoms with Gasteiger partial charge in [0.25, 0.3) is 0 Å². The third-order valence-corrected chi connectivity index (χ3v) is 4.37. The zero-order valence-electron chi connectivity index (χ0n) is 13.7. The predicted octanol–water partition coefficient (Wildman–Crippen LogP) is 1.89. The fraction of sp³-hybridized carbons (Fsp3) is 0.500. The van der Waals surface area contributed by atoms with Crippen LogP contribution in [0.25, 0.3) is 0 Å². The van der Waals surface area contributed by atoms with Gasteiger partial charge in [0.15, 0.2) is 5.78 Å². The van der Waals surface area contributed by atoms with E-state index in [4.69, 9.17) is 9.31 Å². The van der Waals surface area contributed by atoms with Gasteiger partial charge in [-0.1, -0.05) is 13.8 Å². The minimum absolute atomic E-state index is 0.101. The minimum atomic E-state index is -5.86. The summed E-state index contributed by atoms with van der Waals surface area (Å²) in [7, 11) is -7.01. The monoisotopic (exact) mass is 380 g/mol. The van der Waals surface area contributed by atoms with Gasteiger partial charge in [0, 0.05) is 29.7 Å². The smallest absolute Gasteiger partial charge is 0.407 e. The molecule has 1 heterocycles. The van der Waals surface area contributed by atoms with Crippen molar-refractivity contribution in [1.82, 2.24) is 0 Å². The molecule has 1 fully saturated rings. The molecule has 0 N–H and O–H groups in total. The summed E-state index contributed by atoms with van der Waals surface area (Å²) in [6.07, 6.45) is 0. The Kier molecular flexibility index (Phi) is 5.22. The van der Waals surface area contributed by atoms with Crippen molar-refractivity contribution in [2.75, 3.05) is 13.2 Å². The number of hydrogen-bond donors (Lipinski definition) is 0. The van der Waals surface area contributed by atoms with Gasteiger partial charge >= 0.3 is 22.7 Å². The number of benzene rings is 1. The molecule has 0 atom stereocenters. The van der Waals surface area contributed by atoms with Crippen LogP contribution in [0, 0.1) is 5.41 Å². The van der Waals surface area contributed by atoms with Crippen molar-refractivity contribution in [3.05, 3.63) is 23.8 Å². The lowest BCUT2D eigenvalue weighted by Gasteiger charge is -2.33. The Balaban J connectivity index is 2.42. The van der Waals surface area contributed by atoms with Crippen molar-refractivity contribution in [2.24, 2.45) is 5.41 Å². The van der Waals surface area contributed by atoms with Crippen molar-refractivity contribution in [3.63, 3.8) is 0 Å². The van der Waals surface area contributed by atoms with E-state index < -0.39 is 28.5 Å². The molecule has 138 valence electrons. The third-order valence-electron chi connectivity index (χ3n) is 3.40. The maximum Gasteiger partial charge on any atom is 0.534 e. The maximum atomic E-state index is 12.6. The van der Waals surface area contributed by atoms with Gasteiger partial charge in [-0.25, -0.2) is 0 Å². The zero-order valence-corrected chi connectivity index (χ0v) is 14.5. The van der Waals surface area contributed by atoms with Crippen LogP contribution in [0.3, 0.4) is 0 Å². The predicted molar refractivity (Wildman–Crippen MR) is 83.1 cm³/mol. The molecular weight excluding hydrogens is 364 g/mol. The fourth-order valence-electron chi connectivity index (χ4n) is 2.06. The number of carbonyl (C=O) groups is 1. The molecule has 0 spiro atoms. The summed E-state index contributed by atoms with van der Waals surface area (Å²) in [5, 5.41) is 0. The summed E-state index contributed by atoms with van der Waals surface area (Å²) in [5.41, 5.74) is -5.84. The Labute approximate surface area is 143 Å². The van der Waals surface area contributed by atoms with Gasteiger partial charge in [0.1, 0.15) is 5.75 Å². The topological polar surface area (TPSA) is 78.9 Å². The average Bonchev–Trinajstić information content (AvgIpc) is 2.46. The highest BCUT2D eigenvalue weighted by Gasteiger charge is 2.49. The van der Waals surface area contributed by atoms with Crippen molar-refractivity contribution in [2.45, 2.75) is 26.3 Å². The van der Waals surface area contributed by atoms with Gasteiger partial charge in [-0.15, -0.1) is 0 Å². The summed E-state index contributed by atoms with van der Waals surface area (Å²) in [4.78, 5) is 11.5. The van der Waals surface area contributed by atoms with E-state index in [9.17, 15) is 26.4 Å². The standard InChI is InChI=1S/C14H16BF3O6S/c1-9(19)10-4-5-12(24-25(20,21)14(16,17)18)11(6-10)15-22-7-13(2,3)8-23-15/h4-6H,7-8H2,1-3H3. The number of halogens is 3. The van der Waals surface area contributed by atoms with E-state index in [0.717, 1.165) is 6.07 Å². The van der Waals surface area contributed by atoms with Gasteiger partial charge in [-0.05, 0) is 25.1 Å². The lowest BCUT2D eigenvalue weighted by Crippen LogP contribution is -2.48. The first-order valence-corrected chi connectivity index (χ1v) is 8.62. The number of Topliss-reactive ketones (excluding diaryl/α,β-unsaturated/α-hetero) is 1. The van der Waals surface area contributed by atoms with Crippen molar-refractivity contribution >= 4 is 28.5 Å². The fourth-order valence-corrected chi connectivity index (χ4v) is 2.55. The molecule has 1 aromatic carbocycles. The summed E-state index contributed by atoms with van der Waals surface area (Å²) < 4.78 is 75.4. The van der Waals surface area contributed by atoms with E-state index >= 15 is 0 Å². The highest BCUT2D eigenvalue weighted by molar-refractivity contribution is 7.88. The molecule has 0 aliphatic carbocycles. The van der Waals surface area contributed by atoms with Crippen LogP contribution in [0.5, 0.6) is 5.75 Å². The average molecular weight is 380 g/mol. The first-order chi connectivity index (χ1) is 11.3. The van der Waals surface area contributed by atoms with Gasteiger partial charge in [0.2, 0.25) is 0 Å². The van der Waals surface area contributed by atoms with Crippen LogP contribution < -0.4 is 9.65 Å². The first kappa shape index (κ1) is 19.7. The molecule has 0 unspecified atom stereocenters. The second-order valence-electron chi connectivity index (χ2n) is 6.41. The SMILES string of the molecule is CC(=O)c1ccc(OS(=O)(=O)C(F)(F)F)c(B2OCC(C)(C)CO2)c1. The van der Waals surface area contributed by atoms with E-state index in [-0.39, 0.29) is 35.4 Å². The quantitative estimate of drug-likeness (QED) is 0.344. The molecule has 25 heavy (non-hydrogen) atoms.